The van der Waals surface area contributed by atoms with Crippen LogP contribution in [0.15, 0.2) is 0 Å². The highest BCUT2D eigenvalue weighted by Crippen LogP contribution is 2.20. The summed E-state index contributed by atoms with van der Waals surface area (Å²) in [6.07, 6.45) is 2.15. The number of nitrogens with two attached hydrogens (primary N) is 1. The zero-order chi connectivity index (χ0) is 9.78. The van der Waals surface area contributed by atoms with Crippen molar-refractivity contribution in [1.29, 1.82) is 0 Å². The van der Waals surface area contributed by atoms with Crippen LogP contribution in [-0.4, -0.2) is 11.8 Å². The Morgan fingerprint density at radius 3 is 2.25 bits per heavy atom. The maximum atomic E-state index is 11.2. The molecule has 72 valence electrons. The molecule has 0 aromatic heterocycles. The molecule has 0 heterocycles. The van der Waals surface area contributed by atoms with Gasteiger partial charge < -0.3 is 5.73 Å². The summed E-state index contributed by atoms with van der Waals surface area (Å²) in [5.74, 6) is 0.292. The lowest BCUT2D eigenvalue weighted by Crippen LogP contribution is -2.20. The van der Waals surface area contributed by atoms with Crippen molar-refractivity contribution in [2.24, 2.45) is 11.1 Å². The van der Waals surface area contributed by atoms with Gasteiger partial charge in [0, 0.05) is 18.9 Å². The van der Waals surface area contributed by atoms with Crippen LogP contribution < -0.4 is 5.73 Å². The van der Waals surface area contributed by atoms with E-state index in [0.29, 0.717) is 18.6 Å². The largest absolute Gasteiger partial charge is 0.328 e. The first-order chi connectivity index (χ1) is 5.31. The normalized spacial score (nSPS) is 14.4. The van der Waals surface area contributed by atoms with Crippen molar-refractivity contribution in [3.8, 4) is 0 Å². The van der Waals surface area contributed by atoms with Gasteiger partial charge in [0.1, 0.15) is 5.78 Å². The van der Waals surface area contributed by atoms with E-state index in [9.17, 15) is 4.79 Å². The molecule has 0 saturated heterocycles. The van der Waals surface area contributed by atoms with E-state index in [1.165, 1.54) is 0 Å². The second kappa shape index (κ2) is 4.61. The van der Waals surface area contributed by atoms with Crippen LogP contribution >= 0.6 is 0 Å². The predicted molar refractivity (Wildman–Crippen MR) is 52.0 cm³/mol. The first-order valence-electron chi connectivity index (χ1n) is 4.58. The van der Waals surface area contributed by atoms with E-state index in [0.717, 1.165) is 6.42 Å². The van der Waals surface area contributed by atoms with Gasteiger partial charge in [-0.1, -0.05) is 20.8 Å². The van der Waals surface area contributed by atoms with Crippen LogP contribution in [0.5, 0.6) is 0 Å². The molecule has 0 aliphatic heterocycles. The van der Waals surface area contributed by atoms with Crippen LogP contribution in [0.25, 0.3) is 0 Å². The van der Waals surface area contributed by atoms with E-state index < -0.39 is 0 Å². The molecule has 0 amide bonds. The summed E-state index contributed by atoms with van der Waals surface area (Å²) in [5.41, 5.74) is 5.77. The standard InChI is InChI=1S/C10H21NO/c1-8(11)7-9(12)5-6-10(2,3)4/h8H,5-7,11H2,1-4H3. The fourth-order valence-electron chi connectivity index (χ4n) is 0.976. The lowest BCUT2D eigenvalue weighted by molar-refractivity contribution is -0.119. The number of hydrogen-bond acceptors (Lipinski definition) is 2. The van der Waals surface area contributed by atoms with Gasteiger partial charge in [0.15, 0.2) is 0 Å². The van der Waals surface area contributed by atoms with Gasteiger partial charge in [0.25, 0.3) is 0 Å². The summed E-state index contributed by atoms with van der Waals surface area (Å²) in [7, 11) is 0. The average Bonchev–Trinajstić information content (AvgIpc) is 1.80. The van der Waals surface area contributed by atoms with Crippen molar-refractivity contribution >= 4 is 5.78 Å². The molecule has 1 unspecified atom stereocenters. The van der Waals surface area contributed by atoms with Crippen LogP contribution in [0, 0.1) is 5.41 Å². The maximum Gasteiger partial charge on any atom is 0.134 e. The third kappa shape index (κ3) is 7.73. The van der Waals surface area contributed by atoms with E-state index in [4.69, 9.17) is 5.73 Å². The SMILES string of the molecule is CC(N)CC(=O)CCC(C)(C)C. The third-order valence-corrected chi connectivity index (χ3v) is 1.70. The first kappa shape index (κ1) is 11.6. The van der Waals surface area contributed by atoms with Crippen LogP contribution in [-0.2, 0) is 4.79 Å². The quantitative estimate of drug-likeness (QED) is 0.704. The topological polar surface area (TPSA) is 43.1 Å². The van der Waals surface area contributed by atoms with E-state index in [2.05, 4.69) is 20.8 Å². The molecular formula is C10H21NO. The Hall–Kier alpha value is -0.370. The molecule has 2 nitrogen and oxygen atoms in total. The summed E-state index contributed by atoms with van der Waals surface area (Å²) in [6, 6.07) is 0.0115. The van der Waals surface area contributed by atoms with Crippen molar-refractivity contribution in [2.75, 3.05) is 0 Å². The lowest BCUT2D eigenvalue weighted by atomic mass is 9.89. The maximum absolute atomic E-state index is 11.2. The minimum atomic E-state index is 0.0115. The molecule has 0 saturated carbocycles. The highest BCUT2D eigenvalue weighted by molar-refractivity contribution is 5.78. The molecular weight excluding hydrogens is 150 g/mol. The second-order valence-corrected chi connectivity index (χ2v) is 4.78. The fraction of sp³-hybridized carbons (Fsp3) is 0.900. The van der Waals surface area contributed by atoms with Gasteiger partial charge in [0.2, 0.25) is 0 Å². The molecule has 1 atom stereocenters. The molecule has 0 radical (unpaired) electrons. The first-order valence-corrected chi connectivity index (χ1v) is 4.58. The number of carbonyl (C=O) groups is 1. The van der Waals surface area contributed by atoms with E-state index in [1.807, 2.05) is 6.92 Å². The predicted octanol–water partition coefficient (Wildman–Crippen LogP) is 2.12. The molecule has 0 aromatic carbocycles. The minimum Gasteiger partial charge on any atom is -0.328 e. The van der Waals surface area contributed by atoms with Crippen molar-refractivity contribution < 1.29 is 4.79 Å². The van der Waals surface area contributed by atoms with Gasteiger partial charge in [-0.25, -0.2) is 0 Å². The van der Waals surface area contributed by atoms with Crippen LogP contribution in [0.1, 0.15) is 47.0 Å². The molecule has 2 N–H and O–H groups in total. The molecule has 0 bridgehead atoms. The minimum absolute atomic E-state index is 0.0115. The highest BCUT2D eigenvalue weighted by atomic mass is 16.1. The summed E-state index contributed by atoms with van der Waals surface area (Å²) in [4.78, 5) is 11.2. The number of rotatable bonds is 4. The number of carbonyl (C=O) groups excluding carboxylic acids is 1. The molecule has 0 spiro atoms. The van der Waals surface area contributed by atoms with Gasteiger partial charge in [-0.2, -0.15) is 0 Å². The van der Waals surface area contributed by atoms with Crippen molar-refractivity contribution in [1.82, 2.24) is 0 Å². The van der Waals surface area contributed by atoms with Crippen LogP contribution in [0.4, 0.5) is 0 Å². The third-order valence-electron chi connectivity index (χ3n) is 1.70. The van der Waals surface area contributed by atoms with Gasteiger partial charge in [-0.3, -0.25) is 4.79 Å². The van der Waals surface area contributed by atoms with Crippen LogP contribution in [0.3, 0.4) is 0 Å². The molecule has 0 aliphatic rings. The molecule has 2 heteroatoms. The van der Waals surface area contributed by atoms with Crippen LogP contribution in [0.2, 0.25) is 0 Å². The Morgan fingerprint density at radius 1 is 1.42 bits per heavy atom. The van der Waals surface area contributed by atoms with E-state index >= 15 is 0 Å². The zero-order valence-corrected chi connectivity index (χ0v) is 8.68. The van der Waals surface area contributed by atoms with Crippen molar-refractivity contribution in [2.45, 2.75) is 53.0 Å². The van der Waals surface area contributed by atoms with Crippen molar-refractivity contribution in [3.63, 3.8) is 0 Å². The summed E-state index contributed by atoms with van der Waals surface area (Å²) in [5, 5.41) is 0. The lowest BCUT2D eigenvalue weighted by Gasteiger charge is -2.17. The number of hydrogen-bond donors (Lipinski definition) is 1. The number of ketones is 1. The average molecular weight is 171 g/mol. The summed E-state index contributed by atoms with van der Waals surface area (Å²) >= 11 is 0. The zero-order valence-electron chi connectivity index (χ0n) is 8.68. The monoisotopic (exact) mass is 171 g/mol. The molecule has 0 fully saturated rings. The van der Waals surface area contributed by atoms with E-state index in [1.54, 1.807) is 0 Å². The van der Waals surface area contributed by atoms with Crippen molar-refractivity contribution in [3.05, 3.63) is 0 Å². The second-order valence-electron chi connectivity index (χ2n) is 4.78. The highest BCUT2D eigenvalue weighted by Gasteiger charge is 2.13. The van der Waals surface area contributed by atoms with Gasteiger partial charge in [-0.05, 0) is 18.8 Å². The number of Topliss-reactive ketones (excluding diaryl/α,β-unsaturated/α-hetero) is 1. The molecule has 12 heavy (non-hydrogen) atoms. The Kier molecular flexibility index (Phi) is 4.46. The van der Waals surface area contributed by atoms with E-state index in [-0.39, 0.29) is 11.5 Å². The Balaban J connectivity index is 3.58. The Labute approximate surface area is 75.5 Å². The fourth-order valence-corrected chi connectivity index (χ4v) is 0.976. The molecule has 0 rings (SSSR count). The Morgan fingerprint density at radius 2 is 1.92 bits per heavy atom. The summed E-state index contributed by atoms with van der Waals surface area (Å²) < 4.78 is 0. The van der Waals surface area contributed by atoms with Gasteiger partial charge >= 0.3 is 0 Å². The molecule has 0 aromatic rings. The smallest absolute Gasteiger partial charge is 0.134 e. The Bertz CT molecular complexity index is 144. The van der Waals surface area contributed by atoms with Gasteiger partial charge in [-0.15, -0.1) is 0 Å². The van der Waals surface area contributed by atoms with Gasteiger partial charge in [0.05, 0.1) is 0 Å². The molecule has 0 aliphatic carbocycles. The summed E-state index contributed by atoms with van der Waals surface area (Å²) in [6.45, 7) is 8.31.